The monoisotopic (exact) mass is 603 g/mol. The Labute approximate surface area is 232 Å². The number of alkyl halides is 9. The van der Waals surface area contributed by atoms with Crippen molar-refractivity contribution >= 4 is 17.9 Å². The Bertz CT molecular complexity index is 1350. The molecule has 0 aliphatic carbocycles. The second-order valence-electron chi connectivity index (χ2n) is 9.02. The molecule has 0 fully saturated rings. The summed E-state index contributed by atoms with van der Waals surface area (Å²) in [6, 6.07) is 0.279. The number of amides is 2. The molecule has 0 bridgehead atoms. The quantitative estimate of drug-likeness (QED) is 0.324. The van der Waals surface area contributed by atoms with Crippen LogP contribution in [0.1, 0.15) is 64.6 Å². The molecule has 226 valence electrons. The highest BCUT2D eigenvalue weighted by atomic mass is 19.4. The van der Waals surface area contributed by atoms with E-state index in [1.165, 1.54) is 0 Å². The average molecular weight is 603 g/mol. The Morgan fingerprint density at radius 2 is 1.54 bits per heavy atom. The molecule has 0 N–H and O–H groups in total. The van der Waals surface area contributed by atoms with Crippen molar-refractivity contribution in [3.8, 4) is 0 Å². The molecule has 0 radical (unpaired) electrons. The number of carbonyl (C=O) groups excluding carboxylic acids is 2. The standard InChI is InChI=1S/C26H25F9N2O4/c1-4-18-12-21(19-11-15(24(27,28)29)6-7-20(19)37(18)23(39)41-5-2)36(22(38)40-3)13-14-8-16(25(30,31)32)10-17(9-14)26(33,34)35/h6-11,18,21H,4-5,12-13H2,1-3H3/i2D3. The van der Waals surface area contributed by atoms with E-state index in [-0.39, 0.29) is 30.2 Å². The van der Waals surface area contributed by atoms with Crippen molar-refractivity contribution < 1.29 is 62.7 Å². The number of rotatable bonds is 5. The van der Waals surface area contributed by atoms with Crippen LogP contribution in [-0.4, -0.2) is 36.8 Å². The van der Waals surface area contributed by atoms with Gasteiger partial charge in [-0.1, -0.05) is 6.92 Å². The normalized spacial score (nSPS) is 19.0. The average Bonchev–Trinajstić information content (AvgIpc) is 2.91. The minimum absolute atomic E-state index is 0.0661. The van der Waals surface area contributed by atoms with E-state index in [4.69, 9.17) is 13.6 Å². The van der Waals surface area contributed by atoms with Crippen LogP contribution in [0.5, 0.6) is 0 Å². The first-order valence-corrected chi connectivity index (χ1v) is 11.9. The minimum Gasteiger partial charge on any atom is -0.453 e. The van der Waals surface area contributed by atoms with Crippen LogP contribution in [0, 0.1) is 0 Å². The number of ether oxygens (including phenoxy) is 2. The first-order chi connectivity index (χ1) is 20.1. The molecule has 1 aliphatic heterocycles. The summed E-state index contributed by atoms with van der Waals surface area (Å²) in [6.45, 7) is -3.16. The summed E-state index contributed by atoms with van der Waals surface area (Å²) < 4.78 is 154. The van der Waals surface area contributed by atoms with E-state index in [1.54, 1.807) is 6.92 Å². The molecule has 0 saturated heterocycles. The van der Waals surface area contributed by atoms with Gasteiger partial charge in [0, 0.05) is 16.7 Å². The van der Waals surface area contributed by atoms with E-state index >= 15 is 0 Å². The summed E-state index contributed by atoms with van der Waals surface area (Å²) in [6.07, 6.45) is -18.2. The number of carbonyl (C=O) groups is 2. The number of halogens is 9. The van der Waals surface area contributed by atoms with E-state index in [9.17, 15) is 49.1 Å². The molecule has 2 atom stereocenters. The summed E-state index contributed by atoms with van der Waals surface area (Å²) >= 11 is 0. The fraction of sp³-hybridized carbons (Fsp3) is 0.462. The van der Waals surface area contributed by atoms with Crippen LogP contribution in [0.15, 0.2) is 36.4 Å². The van der Waals surface area contributed by atoms with Gasteiger partial charge in [0.2, 0.25) is 0 Å². The van der Waals surface area contributed by atoms with Crippen molar-refractivity contribution in [3.63, 3.8) is 0 Å². The lowest BCUT2D eigenvalue weighted by Crippen LogP contribution is -2.48. The number of nitrogens with zero attached hydrogens (tertiary/aromatic N) is 2. The van der Waals surface area contributed by atoms with Gasteiger partial charge in [-0.3, -0.25) is 9.80 Å². The van der Waals surface area contributed by atoms with Crippen molar-refractivity contribution in [1.29, 1.82) is 0 Å². The Hall–Kier alpha value is -3.65. The van der Waals surface area contributed by atoms with E-state index in [0.29, 0.717) is 29.2 Å². The van der Waals surface area contributed by atoms with Gasteiger partial charge in [0.25, 0.3) is 0 Å². The highest BCUT2D eigenvalue weighted by Crippen LogP contribution is 2.45. The minimum atomic E-state index is -5.21. The highest BCUT2D eigenvalue weighted by Gasteiger charge is 2.43. The topological polar surface area (TPSA) is 59.1 Å². The molecule has 6 nitrogen and oxygen atoms in total. The van der Waals surface area contributed by atoms with E-state index in [1.807, 2.05) is 0 Å². The lowest BCUT2D eigenvalue weighted by atomic mass is 9.87. The maximum absolute atomic E-state index is 13.7. The molecule has 1 aliphatic rings. The maximum atomic E-state index is 13.7. The fourth-order valence-electron chi connectivity index (χ4n) is 4.65. The number of hydrogen-bond acceptors (Lipinski definition) is 4. The van der Waals surface area contributed by atoms with Gasteiger partial charge in [-0.15, -0.1) is 0 Å². The molecule has 2 aromatic rings. The number of fused-ring (bicyclic) bond motifs is 1. The molecule has 41 heavy (non-hydrogen) atoms. The van der Waals surface area contributed by atoms with Crippen LogP contribution in [0.2, 0.25) is 0 Å². The Morgan fingerprint density at radius 3 is 2.02 bits per heavy atom. The van der Waals surface area contributed by atoms with Crippen molar-refractivity contribution in [2.24, 2.45) is 0 Å². The molecule has 3 rings (SSSR count). The van der Waals surface area contributed by atoms with Gasteiger partial charge in [-0.25, -0.2) is 9.59 Å². The van der Waals surface area contributed by atoms with E-state index < -0.39 is 85.1 Å². The summed E-state index contributed by atoms with van der Waals surface area (Å²) in [5.74, 6) is 0. The van der Waals surface area contributed by atoms with Crippen LogP contribution in [0.25, 0.3) is 0 Å². The first kappa shape index (κ1) is 27.5. The second kappa shape index (κ2) is 11.7. The largest absolute Gasteiger partial charge is 0.453 e. The van der Waals surface area contributed by atoms with Gasteiger partial charge >= 0.3 is 30.7 Å². The molecule has 2 amide bonds. The molecule has 0 spiro atoms. The summed E-state index contributed by atoms with van der Waals surface area (Å²) in [5, 5.41) is 0. The molecular formula is C26H25F9N2O4. The Morgan fingerprint density at radius 1 is 0.951 bits per heavy atom. The third kappa shape index (κ3) is 6.99. The lowest BCUT2D eigenvalue weighted by molar-refractivity contribution is -0.143. The summed E-state index contributed by atoms with van der Waals surface area (Å²) in [7, 11) is 0.855. The fourth-order valence-corrected chi connectivity index (χ4v) is 4.65. The lowest BCUT2D eigenvalue weighted by Gasteiger charge is -2.43. The van der Waals surface area contributed by atoms with Crippen LogP contribution in [-0.2, 0) is 34.5 Å². The molecule has 0 saturated carbocycles. The highest BCUT2D eigenvalue weighted by molar-refractivity contribution is 5.90. The summed E-state index contributed by atoms with van der Waals surface area (Å²) in [5.41, 5.74) is -5.85. The predicted molar refractivity (Wildman–Crippen MR) is 127 cm³/mol. The van der Waals surface area contributed by atoms with E-state index in [0.717, 1.165) is 18.1 Å². The maximum Gasteiger partial charge on any atom is 0.416 e. The number of anilines is 1. The zero-order chi connectivity index (χ0) is 33.4. The van der Waals surface area contributed by atoms with Gasteiger partial charge in [-0.2, -0.15) is 39.5 Å². The third-order valence-electron chi connectivity index (χ3n) is 6.48. The Balaban J connectivity index is 2.21. The number of hydrogen-bond donors (Lipinski definition) is 0. The van der Waals surface area contributed by atoms with Gasteiger partial charge < -0.3 is 9.47 Å². The van der Waals surface area contributed by atoms with Crippen molar-refractivity contribution in [3.05, 3.63) is 64.2 Å². The zero-order valence-corrected chi connectivity index (χ0v) is 21.4. The zero-order valence-electron chi connectivity index (χ0n) is 24.4. The number of benzene rings is 2. The summed E-state index contributed by atoms with van der Waals surface area (Å²) in [4.78, 5) is 27.5. The van der Waals surface area contributed by atoms with E-state index in [2.05, 4.69) is 0 Å². The van der Waals surface area contributed by atoms with Crippen LogP contribution < -0.4 is 4.90 Å². The SMILES string of the molecule is [2H]C([2H])([2H])COC(=O)N1c2ccc(C(F)(F)F)cc2C(N(Cc2cc(C(F)(F)F)cc(C(F)(F)F)c2)C(=O)OC)CC1CC. The predicted octanol–water partition coefficient (Wildman–Crippen LogP) is 8.20. The van der Waals surface area contributed by atoms with Gasteiger partial charge in [0.1, 0.15) is 0 Å². The van der Waals surface area contributed by atoms with Gasteiger partial charge in [0.15, 0.2) is 0 Å². The smallest absolute Gasteiger partial charge is 0.416 e. The van der Waals surface area contributed by atoms with Crippen LogP contribution in [0.3, 0.4) is 0 Å². The Kier molecular flexibility index (Phi) is 7.84. The van der Waals surface area contributed by atoms with Crippen molar-refractivity contribution in [2.75, 3.05) is 18.6 Å². The van der Waals surface area contributed by atoms with Crippen molar-refractivity contribution in [2.45, 2.75) is 63.8 Å². The third-order valence-corrected chi connectivity index (χ3v) is 6.48. The number of methoxy groups -OCH3 is 1. The van der Waals surface area contributed by atoms with Crippen molar-refractivity contribution in [1.82, 2.24) is 4.90 Å². The van der Waals surface area contributed by atoms with Crippen LogP contribution >= 0.6 is 0 Å². The molecule has 15 heteroatoms. The van der Waals surface area contributed by atoms with Crippen LogP contribution in [0.4, 0.5) is 54.8 Å². The molecule has 1 heterocycles. The molecule has 2 unspecified atom stereocenters. The molecule has 2 aromatic carbocycles. The van der Waals surface area contributed by atoms with Gasteiger partial charge in [-0.05, 0) is 67.2 Å². The molecular weight excluding hydrogens is 575 g/mol. The molecule has 0 aromatic heterocycles. The second-order valence-corrected chi connectivity index (χ2v) is 9.02. The van der Waals surface area contributed by atoms with Gasteiger partial charge in [0.05, 0.1) is 42.1 Å². The first-order valence-electron chi connectivity index (χ1n) is 13.4.